The average molecular weight is 410 g/mol. The predicted octanol–water partition coefficient (Wildman–Crippen LogP) is 4.25. The summed E-state index contributed by atoms with van der Waals surface area (Å²) in [7, 11) is 0. The Balaban J connectivity index is 1.39. The second-order valence-electron chi connectivity index (χ2n) is 6.79. The molecule has 7 heteroatoms. The Labute approximate surface area is 173 Å². The number of nitrogens with zero attached hydrogens (tertiary/aromatic N) is 2. The standard InChI is InChI=1S/C22H23N3O3S/c1-16-23-12-13-25(16)15-17-4-6-18(7-5-17)24-22(28)11-9-19(26)8-10-20(27)21-3-2-14-29-21/h2-7,12-14H,8-11,15H2,1H3,(H,24,28). The molecule has 0 bridgehead atoms. The van der Waals surface area contributed by atoms with Crippen LogP contribution in [-0.4, -0.2) is 27.0 Å². The Morgan fingerprint density at radius 1 is 1.03 bits per heavy atom. The zero-order valence-electron chi connectivity index (χ0n) is 16.3. The SMILES string of the molecule is Cc1nccn1Cc1ccc(NC(=O)CCC(=O)CCC(=O)c2cccs2)cc1. The topological polar surface area (TPSA) is 81.1 Å². The van der Waals surface area contributed by atoms with Crippen molar-refractivity contribution < 1.29 is 14.4 Å². The molecular formula is C22H23N3O3S. The Bertz CT molecular complexity index is 975. The van der Waals surface area contributed by atoms with Crippen molar-refractivity contribution in [3.05, 3.63) is 70.4 Å². The lowest BCUT2D eigenvalue weighted by Crippen LogP contribution is -2.14. The number of Topliss-reactive ketones (excluding diaryl/α,β-unsaturated/α-hetero) is 2. The van der Waals surface area contributed by atoms with Crippen molar-refractivity contribution >= 4 is 34.5 Å². The molecule has 0 fully saturated rings. The highest BCUT2D eigenvalue weighted by atomic mass is 32.1. The Morgan fingerprint density at radius 2 is 1.79 bits per heavy atom. The van der Waals surface area contributed by atoms with E-state index < -0.39 is 0 Å². The first-order valence-corrected chi connectivity index (χ1v) is 10.3. The number of hydrogen-bond acceptors (Lipinski definition) is 5. The predicted molar refractivity (Wildman–Crippen MR) is 113 cm³/mol. The summed E-state index contributed by atoms with van der Waals surface area (Å²) < 4.78 is 2.04. The van der Waals surface area contributed by atoms with Crippen LogP contribution in [0.15, 0.2) is 54.2 Å². The number of thiophene rings is 1. The lowest BCUT2D eigenvalue weighted by atomic mass is 10.1. The zero-order valence-corrected chi connectivity index (χ0v) is 17.1. The van der Waals surface area contributed by atoms with Crippen LogP contribution in [0, 0.1) is 6.92 Å². The van der Waals surface area contributed by atoms with E-state index in [2.05, 4.69) is 10.3 Å². The van der Waals surface area contributed by atoms with E-state index >= 15 is 0 Å². The van der Waals surface area contributed by atoms with Gasteiger partial charge in [0.1, 0.15) is 11.6 Å². The van der Waals surface area contributed by atoms with Gasteiger partial charge < -0.3 is 9.88 Å². The van der Waals surface area contributed by atoms with Crippen LogP contribution in [-0.2, 0) is 16.1 Å². The van der Waals surface area contributed by atoms with Crippen LogP contribution in [0.4, 0.5) is 5.69 Å². The molecule has 6 nitrogen and oxygen atoms in total. The maximum absolute atomic E-state index is 12.1. The summed E-state index contributed by atoms with van der Waals surface area (Å²) in [6, 6.07) is 11.2. The van der Waals surface area contributed by atoms with Crippen molar-refractivity contribution in [1.29, 1.82) is 0 Å². The van der Waals surface area contributed by atoms with Crippen LogP contribution in [0.3, 0.4) is 0 Å². The minimum absolute atomic E-state index is 0.0243. The molecule has 2 heterocycles. The number of nitrogens with one attached hydrogen (secondary N) is 1. The second-order valence-corrected chi connectivity index (χ2v) is 7.73. The number of aryl methyl sites for hydroxylation is 1. The number of rotatable bonds is 10. The molecule has 0 radical (unpaired) electrons. The molecule has 0 saturated carbocycles. The third-order valence-electron chi connectivity index (χ3n) is 4.57. The fourth-order valence-corrected chi connectivity index (χ4v) is 3.57. The van der Waals surface area contributed by atoms with Gasteiger partial charge in [-0.2, -0.15) is 0 Å². The molecule has 0 aliphatic heterocycles. The number of hydrogen-bond donors (Lipinski definition) is 1. The first-order valence-electron chi connectivity index (χ1n) is 9.46. The highest BCUT2D eigenvalue weighted by molar-refractivity contribution is 7.12. The van der Waals surface area contributed by atoms with E-state index in [1.165, 1.54) is 11.3 Å². The van der Waals surface area contributed by atoms with Gasteiger partial charge in [0.25, 0.3) is 0 Å². The van der Waals surface area contributed by atoms with Gasteiger partial charge in [-0.15, -0.1) is 11.3 Å². The van der Waals surface area contributed by atoms with Gasteiger partial charge in [0.15, 0.2) is 5.78 Å². The third-order valence-corrected chi connectivity index (χ3v) is 5.48. The minimum atomic E-state index is -0.207. The summed E-state index contributed by atoms with van der Waals surface area (Å²) in [5.41, 5.74) is 1.80. The van der Waals surface area contributed by atoms with Crippen molar-refractivity contribution in [1.82, 2.24) is 9.55 Å². The molecule has 1 aromatic carbocycles. The molecule has 0 spiro atoms. The Kier molecular flexibility index (Phi) is 7.08. The summed E-state index contributed by atoms with van der Waals surface area (Å²) in [6.07, 6.45) is 4.31. The lowest BCUT2D eigenvalue weighted by Gasteiger charge is -2.08. The number of carbonyl (C=O) groups excluding carboxylic acids is 3. The van der Waals surface area contributed by atoms with Crippen molar-refractivity contribution in [2.75, 3.05) is 5.32 Å². The van der Waals surface area contributed by atoms with Gasteiger partial charge in [0.05, 0.1) is 4.88 Å². The summed E-state index contributed by atoms with van der Waals surface area (Å²) >= 11 is 1.38. The van der Waals surface area contributed by atoms with Gasteiger partial charge in [-0.3, -0.25) is 14.4 Å². The average Bonchev–Trinajstić information content (AvgIpc) is 3.38. The van der Waals surface area contributed by atoms with Gasteiger partial charge in [-0.1, -0.05) is 18.2 Å². The minimum Gasteiger partial charge on any atom is -0.331 e. The number of imidazole rings is 1. The van der Waals surface area contributed by atoms with Crippen molar-refractivity contribution in [2.45, 2.75) is 39.2 Å². The molecule has 0 aliphatic rings. The number of amides is 1. The van der Waals surface area contributed by atoms with Crippen LogP contribution in [0.25, 0.3) is 0 Å². The van der Waals surface area contributed by atoms with Crippen molar-refractivity contribution in [2.24, 2.45) is 0 Å². The van der Waals surface area contributed by atoms with E-state index in [0.717, 1.165) is 17.9 Å². The molecule has 0 aliphatic carbocycles. The monoisotopic (exact) mass is 409 g/mol. The molecule has 1 N–H and O–H groups in total. The Morgan fingerprint density at radius 3 is 2.45 bits per heavy atom. The Hall–Kier alpha value is -3.06. The number of benzene rings is 1. The normalized spacial score (nSPS) is 10.7. The molecular weight excluding hydrogens is 386 g/mol. The van der Waals surface area contributed by atoms with Crippen molar-refractivity contribution in [3.8, 4) is 0 Å². The van der Waals surface area contributed by atoms with E-state index in [1.54, 1.807) is 12.3 Å². The second kappa shape index (κ2) is 9.93. The molecule has 150 valence electrons. The highest BCUT2D eigenvalue weighted by Gasteiger charge is 2.12. The van der Waals surface area contributed by atoms with Crippen molar-refractivity contribution in [3.63, 3.8) is 0 Å². The van der Waals surface area contributed by atoms with E-state index in [4.69, 9.17) is 0 Å². The third kappa shape index (κ3) is 6.22. The van der Waals surface area contributed by atoms with E-state index in [9.17, 15) is 14.4 Å². The number of aromatic nitrogens is 2. The highest BCUT2D eigenvalue weighted by Crippen LogP contribution is 2.14. The van der Waals surface area contributed by atoms with Crippen LogP contribution >= 0.6 is 11.3 Å². The smallest absolute Gasteiger partial charge is 0.224 e. The molecule has 1 amide bonds. The molecule has 0 unspecified atom stereocenters. The summed E-state index contributed by atoms with van der Waals surface area (Å²) in [5.74, 6) is 0.644. The van der Waals surface area contributed by atoms with Crippen LogP contribution < -0.4 is 5.32 Å². The summed E-state index contributed by atoms with van der Waals surface area (Å²) in [5, 5.41) is 4.64. The summed E-state index contributed by atoms with van der Waals surface area (Å²) in [6.45, 7) is 2.67. The van der Waals surface area contributed by atoms with Gasteiger partial charge in [-0.05, 0) is 36.1 Å². The van der Waals surface area contributed by atoms with Crippen LogP contribution in [0.5, 0.6) is 0 Å². The fraction of sp³-hybridized carbons (Fsp3) is 0.273. The van der Waals surface area contributed by atoms with Gasteiger partial charge in [-0.25, -0.2) is 4.98 Å². The van der Waals surface area contributed by atoms with E-state index in [1.807, 2.05) is 53.4 Å². The zero-order chi connectivity index (χ0) is 20.6. The molecule has 0 saturated heterocycles. The van der Waals surface area contributed by atoms with Gasteiger partial charge in [0, 0.05) is 50.3 Å². The molecule has 3 rings (SSSR count). The fourth-order valence-electron chi connectivity index (χ4n) is 2.88. The maximum Gasteiger partial charge on any atom is 0.224 e. The molecule has 29 heavy (non-hydrogen) atoms. The molecule has 2 aromatic heterocycles. The summed E-state index contributed by atoms with van der Waals surface area (Å²) in [4.78, 5) is 40.8. The number of carbonyl (C=O) groups is 3. The quantitative estimate of drug-likeness (QED) is 0.508. The van der Waals surface area contributed by atoms with Crippen LogP contribution in [0.1, 0.15) is 46.7 Å². The molecule has 3 aromatic rings. The van der Waals surface area contributed by atoms with Crippen LogP contribution in [0.2, 0.25) is 0 Å². The van der Waals surface area contributed by atoms with E-state index in [-0.39, 0.29) is 43.2 Å². The number of anilines is 1. The first kappa shape index (κ1) is 20.7. The van der Waals surface area contributed by atoms with Gasteiger partial charge in [0.2, 0.25) is 5.91 Å². The largest absolute Gasteiger partial charge is 0.331 e. The lowest BCUT2D eigenvalue weighted by molar-refractivity contribution is -0.122. The maximum atomic E-state index is 12.1. The number of ketones is 2. The van der Waals surface area contributed by atoms with E-state index in [0.29, 0.717) is 10.6 Å². The molecule has 0 atom stereocenters. The first-order chi connectivity index (χ1) is 14.0. The van der Waals surface area contributed by atoms with Gasteiger partial charge >= 0.3 is 0 Å².